The maximum Gasteiger partial charge on any atom is 0.416 e. The standard InChI is InChI=1S/C15H13F3O3/c1-3-12-11(14(19)20-2)8-13(21-12)9-4-6-10(7-5-9)15(16,17)18/h4-8H,3H2,1-2H3. The topological polar surface area (TPSA) is 39.4 Å². The van der Waals surface area contributed by atoms with Crippen molar-refractivity contribution < 1.29 is 27.1 Å². The van der Waals surface area contributed by atoms with E-state index in [1.165, 1.54) is 25.3 Å². The van der Waals surface area contributed by atoms with Crippen LogP contribution < -0.4 is 0 Å². The number of carbonyl (C=O) groups is 1. The third-order valence-corrected chi connectivity index (χ3v) is 3.03. The van der Waals surface area contributed by atoms with Gasteiger partial charge in [0.2, 0.25) is 0 Å². The molecule has 0 aliphatic heterocycles. The number of ether oxygens (including phenoxy) is 1. The van der Waals surface area contributed by atoms with Crippen molar-refractivity contribution in [2.24, 2.45) is 0 Å². The van der Waals surface area contributed by atoms with Gasteiger partial charge in [0.15, 0.2) is 0 Å². The molecule has 0 amide bonds. The Morgan fingerprint density at radius 1 is 1.24 bits per heavy atom. The first-order chi connectivity index (χ1) is 9.86. The van der Waals surface area contributed by atoms with Crippen molar-refractivity contribution in [3.8, 4) is 11.3 Å². The zero-order valence-electron chi connectivity index (χ0n) is 11.5. The molecular weight excluding hydrogens is 285 g/mol. The van der Waals surface area contributed by atoms with Gasteiger partial charge in [-0.2, -0.15) is 13.2 Å². The van der Waals surface area contributed by atoms with Crippen molar-refractivity contribution in [2.45, 2.75) is 19.5 Å². The van der Waals surface area contributed by atoms with E-state index >= 15 is 0 Å². The van der Waals surface area contributed by atoms with E-state index in [1.54, 1.807) is 0 Å². The average molecular weight is 298 g/mol. The minimum Gasteiger partial charge on any atom is -0.465 e. The molecular formula is C15H13F3O3. The first-order valence-corrected chi connectivity index (χ1v) is 6.25. The van der Waals surface area contributed by atoms with E-state index in [-0.39, 0.29) is 5.56 Å². The molecule has 21 heavy (non-hydrogen) atoms. The Bertz CT molecular complexity index is 639. The van der Waals surface area contributed by atoms with Crippen molar-refractivity contribution in [3.05, 3.63) is 47.2 Å². The van der Waals surface area contributed by atoms with Crippen LogP contribution in [0.25, 0.3) is 11.3 Å². The van der Waals surface area contributed by atoms with Gasteiger partial charge >= 0.3 is 12.1 Å². The number of alkyl halides is 3. The van der Waals surface area contributed by atoms with Gasteiger partial charge in [0.05, 0.1) is 12.7 Å². The lowest BCUT2D eigenvalue weighted by Crippen LogP contribution is -2.03. The number of methoxy groups -OCH3 is 1. The van der Waals surface area contributed by atoms with E-state index in [0.29, 0.717) is 23.5 Å². The van der Waals surface area contributed by atoms with Crippen LogP contribution in [0.4, 0.5) is 13.2 Å². The quantitative estimate of drug-likeness (QED) is 0.792. The van der Waals surface area contributed by atoms with Crippen molar-refractivity contribution in [1.82, 2.24) is 0 Å². The molecule has 112 valence electrons. The zero-order valence-corrected chi connectivity index (χ0v) is 11.5. The van der Waals surface area contributed by atoms with Crippen molar-refractivity contribution in [3.63, 3.8) is 0 Å². The van der Waals surface area contributed by atoms with Crippen LogP contribution >= 0.6 is 0 Å². The van der Waals surface area contributed by atoms with E-state index < -0.39 is 17.7 Å². The molecule has 0 saturated heterocycles. The molecule has 2 aromatic rings. The number of esters is 1. The molecule has 1 heterocycles. The lowest BCUT2D eigenvalue weighted by atomic mass is 10.1. The Hall–Kier alpha value is -2.24. The molecule has 0 atom stereocenters. The third-order valence-electron chi connectivity index (χ3n) is 3.03. The summed E-state index contributed by atoms with van der Waals surface area (Å²) in [6.45, 7) is 1.81. The van der Waals surface area contributed by atoms with Crippen molar-refractivity contribution in [1.29, 1.82) is 0 Å². The van der Waals surface area contributed by atoms with E-state index in [9.17, 15) is 18.0 Å². The largest absolute Gasteiger partial charge is 0.465 e. The molecule has 0 fully saturated rings. The highest BCUT2D eigenvalue weighted by Crippen LogP contribution is 2.32. The number of aryl methyl sites for hydroxylation is 1. The van der Waals surface area contributed by atoms with Crippen LogP contribution in [0.5, 0.6) is 0 Å². The van der Waals surface area contributed by atoms with Crippen LogP contribution in [0.15, 0.2) is 34.7 Å². The van der Waals surface area contributed by atoms with Gasteiger partial charge in [-0.25, -0.2) is 4.79 Å². The second-order valence-electron chi connectivity index (χ2n) is 4.37. The number of carbonyl (C=O) groups excluding carboxylic acids is 1. The second kappa shape index (κ2) is 5.63. The summed E-state index contributed by atoms with van der Waals surface area (Å²) >= 11 is 0. The Labute approximate surface area is 119 Å². The lowest BCUT2D eigenvalue weighted by molar-refractivity contribution is -0.137. The Balaban J connectivity index is 2.38. The lowest BCUT2D eigenvalue weighted by Gasteiger charge is -2.06. The molecule has 0 unspecified atom stereocenters. The summed E-state index contributed by atoms with van der Waals surface area (Å²) in [6.07, 6.45) is -3.90. The number of benzene rings is 1. The number of hydrogen-bond donors (Lipinski definition) is 0. The van der Waals surface area contributed by atoms with Gasteiger partial charge < -0.3 is 9.15 Å². The number of hydrogen-bond acceptors (Lipinski definition) is 3. The molecule has 6 heteroatoms. The van der Waals surface area contributed by atoms with Gasteiger partial charge in [0.25, 0.3) is 0 Å². The molecule has 0 saturated carbocycles. The second-order valence-corrected chi connectivity index (χ2v) is 4.37. The summed E-state index contributed by atoms with van der Waals surface area (Å²) in [6, 6.07) is 6.04. The summed E-state index contributed by atoms with van der Waals surface area (Å²) in [5.74, 6) is 0.242. The monoisotopic (exact) mass is 298 g/mol. The summed E-state index contributed by atoms with van der Waals surface area (Å²) < 4.78 is 47.7. The first kappa shape index (κ1) is 15.2. The minimum atomic E-state index is -4.38. The van der Waals surface area contributed by atoms with E-state index in [0.717, 1.165) is 12.1 Å². The summed E-state index contributed by atoms with van der Waals surface area (Å²) in [4.78, 5) is 11.6. The Morgan fingerprint density at radius 2 is 1.86 bits per heavy atom. The molecule has 0 spiro atoms. The fraction of sp³-hybridized carbons (Fsp3) is 0.267. The smallest absolute Gasteiger partial charge is 0.416 e. The molecule has 0 bridgehead atoms. The van der Waals surface area contributed by atoms with Crippen LogP contribution in [0.2, 0.25) is 0 Å². The fourth-order valence-corrected chi connectivity index (χ4v) is 1.94. The minimum absolute atomic E-state index is 0.287. The number of rotatable bonds is 3. The van der Waals surface area contributed by atoms with Gasteiger partial charge in [-0.05, 0) is 18.2 Å². The van der Waals surface area contributed by atoms with Crippen LogP contribution in [-0.4, -0.2) is 13.1 Å². The average Bonchev–Trinajstić information content (AvgIpc) is 2.90. The molecule has 0 aliphatic carbocycles. The van der Waals surface area contributed by atoms with Gasteiger partial charge in [0.1, 0.15) is 17.1 Å². The molecule has 0 radical (unpaired) electrons. The molecule has 3 nitrogen and oxygen atoms in total. The zero-order chi connectivity index (χ0) is 15.6. The molecule has 1 aromatic carbocycles. The van der Waals surface area contributed by atoms with Crippen LogP contribution in [0.3, 0.4) is 0 Å². The molecule has 0 N–H and O–H groups in total. The van der Waals surface area contributed by atoms with Gasteiger partial charge in [-0.3, -0.25) is 0 Å². The van der Waals surface area contributed by atoms with Crippen LogP contribution in [-0.2, 0) is 17.3 Å². The first-order valence-electron chi connectivity index (χ1n) is 6.25. The normalized spacial score (nSPS) is 11.5. The maximum atomic E-state index is 12.5. The number of halogens is 3. The summed E-state index contributed by atoms with van der Waals surface area (Å²) in [7, 11) is 1.26. The van der Waals surface area contributed by atoms with Crippen LogP contribution in [0.1, 0.15) is 28.6 Å². The predicted molar refractivity (Wildman–Crippen MR) is 69.9 cm³/mol. The predicted octanol–water partition coefficient (Wildman–Crippen LogP) is 4.31. The van der Waals surface area contributed by atoms with E-state index in [1.807, 2.05) is 6.92 Å². The molecule has 2 rings (SSSR count). The molecule has 0 aliphatic rings. The van der Waals surface area contributed by atoms with E-state index in [4.69, 9.17) is 4.42 Å². The number of furan rings is 1. The van der Waals surface area contributed by atoms with Crippen molar-refractivity contribution >= 4 is 5.97 Å². The summed E-state index contributed by atoms with van der Waals surface area (Å²) in [5.41, 5.74) is 0.0180. The maximum absolute atomic E-state index is 12.5. The highest BCUT2D eigenvalue weighted by molar-refractivity contribution is 5.91. The van der Waals surface area contributed by atoms with Crippen molar-refractivity contribution in [2.75, 3.05) is 7.11 Å². The van der Waals surface area contributed by atoms with Gasteiger partial charge in [-0.15, -0.1) is 0 Å². The Kier molecular flexibility index (Phi) is 4.06. The molecule has 1 aromatic heterocycles. The third kappa shape index (κ3) is 3.09. The van der Waals surface area contributed by atoms with E-state index in [2.05, 4.69) is 4.74 Å². The summed E-state index contributed by atoms with van der Waals surface area (Å²) in [5, 5.41) is 0. The highest BCUT2D eigenvalue weighted by atomic mass is 19.4. The van der Waals surface area contributed by atoms with Crippen LogP contribution in [0, 0.1) is 0 Å². The van der Waals surface area contributed by atoms with Gasteiger partial charge in [-0.1, -0.05) is 19.1 Å². The SMILES string of the molecule is CCc1oc(-c2ccc(C(F)(F)F)cc2)cc1C(=O)OC. The van der Waals surface area contributed by atoms with Gasteiger partial charge in [0, 0.05) is 12.0 Å². The Morgan fingerprint density at radius 3 is 2.33 bits per heavy atom. The highest BCUT2D eigenvalue weighted by Gasteiger charge is 2.30. The fourth-order valence-electron chi connectivity index (χ4n) is 1.94.